The lowest BCUT2D eigenvalue weighted by Gasteiger charge is -2.31. The third-order valence-corrected chi connectivity index (χ3v) is 2.24. The van der Waals surface area contributed by atoms with Crippen LogP contribution in [0.5, 0.6) is 0 Å². The van der Waals surface area contributed by atoms with Gasteiger partial charge in [0.25, 0.3) is 0 Å². The van der Waals surface area contributed by atoms with Crippen LogP contribution < -0.4 is 0 Å². The summed E-state index contributed by atoms with van der Waals surface area (Å²) in [7, 11) is 0. The first-order chi connectivity index (χ1) is 6.22. The van der Waals surface area contributed by atoms with Gasteiger partial charge in [-0.15, -0.1) is 0 Å². The molecule has 2 unspecified atom stereocenters. The van der Waals surface area contributed by atoms with E-state index in [1.807, 2.05) is 0 Å². The number of carbonyl (C=O) groups excluding carboxylic acids is 1. The van der Waals surface area contributed by atoms with Crippen LogP contribution in [-0.4, -0.2) is 31.2 Å². The van der Waals surface area contributed by atoms with Gasteiger partial charge < -0.3 is 14.3 Å². The number of carbonyl (C=O) groups is 1. The maximum absolute atomic E-state index is 10.1. The number of hydrogen-bond donors (Lipinski definition) is 0. The Morgan fingerprint density at radius 3 is 2.54 bits per heavy atom. The summed E-state index contributed by atoms with van der Waals surface area (Å²) >= 11 is 0. The van der Waals surface area contributed by atoms with Crippen molar-refractivity contribution in [2.75, 3.05) is 6.61 Å². The second-order valence-electron chi connectivity index (χ2n) is 3.68. The fourth-order valence-electron chi connectivity index (χ4n) is 1.76. The van der Waals surface area contributed by atoms with Crippen LogP contribution in [0.1, 0.15) is 33.1 Å². The fourth-order valence-corrected chi connectivity index (χ4v) is 1.76. The Hall–Kier alpha value is -0.410. The molecule has 1 heterocycles. The molecule has 0 aliphatic carbocycles. The van der Waals surface area contributed by atoms with Crippen molar-refractivity contribution in [1.29, 1.82) is 0 Å². The minimum Gasteiger partial charge on any atom is -0.378 e. The van der Waals surface area contributed by atoms with Gasteiger partial charge in [-0.25, -0.2) is 0 Å². The van der Waals surface area contributed by atoms with Crippen molar-refractivity contribution < 1.29 is 14.3 Å². The molecule has 0 aromatic heterocycles. The van der Waals surface area contributed by atoms with Gasteiger partial charge in [-0.1, -0.05) is 0 Å². The molecule has 3 heteroatoms. The summed E-state index contributed by atoms with van der Waals surface area (Å²) in [4.78, 5) is 10.1. The van der Waals surface area contributed by atoms with Crippen LogP contribution in [0.15, 0.2) is 0 Å². The molecule has 1 saturated heterocycles. The molecule has 0 bridgehead atoms. The van der Waals surface area contributed by atoms with E-state index in [0.29, 0.717) is 13.0 Å². The van der Waals surface area contributed by atoms with Crippen LogP contribution in [0.25, 0.3) is 0 Å². The van der Waals surface area contributed by atoms with Crippen molar-refractivity contribution in [3.63, 3.8) is 0 Å². The molecule has 1 rings (SSSR count). The highest BCUT2D eigenvalue weighted by Crippen LogP contribution is 2.21. The average Bonchev–Trinajstić information content (AvgIpc) is 2.03. The van der Waals surface area contributed by atoms with Gasteiger partial charge in [-0.2, -0.15) is 0 Å². The van der Waals surface area contributed by atoms with Crippen LogP contribution in [0.4, 0.5) is 0 Å². The molecule has 0 aromatic carbocycles. The van der Waals surface area contributed by atoms with Crippen molar-refractivity contribution in [2.45, 2.75) is 51.4 Å². The molecule has 0 saturated carbocycles. The largest absolute Gasteiger partial charge is 0.378 e. The molecular formula is C10H18O3. The number of hydrogen-bond acceptors (Lipinski definition) is 3. The Kier molecular flexibility index (Phi) is 4.39. The molecule has 2 atom stereocenters. The molecule has 76 valence electrons. The van der Waals surface area contributed by atoms with E-state index in [4.69, 9.17) is 9.47 Å². The lowest BCUT2D eigenvalue weighted by Crippen LogP contribution is -2.34. The Morgan fingerprint density at radius 1 is 1.38 bits per heavy atom. The quantitative estimate of drug-likeness (QED) is 0.493. The maximum atomic E-state index is 10.1. The summed E-state index contributed by atoms with van der Waals surface area (Å²) in [6.45, 7) is 4.67. The highest BCUT2D eigenvalue weighted by Gasteiger charge is 2.24. The third kappa shape index (κ3) is 3.87. The summed E-state index contributed by atoms with van der Waals surface area (Å²) in [5.74, 6) is 0. The third-order valence-electron chi connectivity index (χ3n) is 2.24. The van der Waals surface area contributed by atoms with Crippen molar-refractivity contribution in [3.8, 4) is 0 Å². The number of ether oxygens (including phenoxy) is 2. The second kappa shape index (κ2) is 5.35. The summed E-state index contributed by atoms with van der Waals surface area (Å²) in [6.07, 6.45) is 4.13. The zero-order valence-electron chi connectivity index (χ0n) is 8.36. The molecule has 13 heavy (non-hydrogen) atoms. The van der Waals surface area contributed by atoms with Crippen molar-refractivity contribution >= 4 is 6.29 Å². The predicted octanol–water partition coefficient (Wildman–Crippen LogP) is 1.55. The molecule has 0 amide bonds. The van der Waals surface area contributed by atoms with Crippen molar-refractivity contribution in [3.05, 3.63) is 0 Å². The van der Waals surface area contributed by atoms with E-state index < -0.39 is 0 Å². The minimum absolute atomic E-state index is 0.277. The zero-order chi connectivity index (χ0) is 9.68. The molecule has 3 nitrogen and oxygen atoms in total. The van der Waals surface area contributed by atoms with Gasteiger partial charge in [-0.05, 0) is 26.7 Å². The van der Waals surface area contributed by atoms with Gasteiger partial charge in [0.05, 0.1) is 24.9 Å². The standard InChI is InChI=1S/C10H18O3/c1-8-6-10(7-9(2)13-8)12-5-3-4-11/h4,8-10H,3,5-7H2,1-2H3. The smallest absolute Gasteiger partial charge is 0.122 e. The Morgan fingerprint density at radius 2 is 2.00 bits per heavy atom. The molecule has 0 spiro atoms. The van der Waals surface area contributed by atoms with E-state index in [2.05, 4.69) is 13.8 Å². The molecule has 1 aliphatic rings. The van der Waals surface area contributed by atoms with Crippen molar-refractivity contribution in [2.24, 2.45) is 0 Å². The molecule has 1 aliphatic heterocycles. The summed E-state index contributed by atoms with van der Waals surface area (Å²) in [5, 5.41) is 0. The first kappa shape index (κ1) is 10.7. The normalized spacial score (nSPS) is 34.5. The summed E-state index contributed by atoms with van der Waals surface area (Å²) in [5.41, 5.74) is 0. The van der Waals surface area contributed by atoms with Gasteiger partial charge >= 0.3 is 0 Å². The van der Waals surface area contributed by atoms with Crippen LogP contribution in [0.3, 0.4) is 0 Å². The van der Waals surface area contributed by atoms with Gasteiger partial charge in [0, 0.05) is 6.42 Å². The minimum atomic E-state index is 0.277. The monoisotopic (exact) mass is 186 g/mol. The van der Waals surface area contributed by atoms with E-state index in [9.17, 15) is 4.79 Å². The fraction of sp³-hybridized carbons (Fsp3) is 0.900. The van der Waals surface area contributed by atoms with Gasteiger partial charge in [0.15, 0.2) is 0 Å². The average molecular weight is 186 g/mol. The first-order valence-corrected chi connectivity index (χ1v) is 4.93. The predicted molar refractivity (Wildman–Crippen MR) is 49.7 cm³/mol. The zero-order valence-corrected chi connectivity index (χ0v) is 8.36. The topological polar surface area (TPSA) is 35.5 Å². The Labute approximate surface area is 79.4 Å². The maximum Gasteiger partial charge on any atom is 0.122 e. The molecule has 1 fully saturated rings. The molecular weight excluding hydrogens is 168 g/mol. The lowest BCUT2D eigenvalue weighted by atomic mass is 10.0. The van der Waals surface area contributed by atoms with E-state index in [-0.39, 0.29) is 18.3 Å². The van der Waals surface area contributed by atoms with Crippen LogP contribution in [0, 0.1) is 0 Å². The second-order valence-corrected chi connectivity index (χ2v) is 3.68. The Balaban J connectivity index is 2.20. The lowest BCUT2D eigenvalue weighted by molar-refractivity contribution is -0.114. The highest BCUT2D eigenvalue weighted by molar-refractivity contribution is 5.49. The number of aldehydes is 1. The van der Waals surface area contributed by atoms with Crippen LogP contribution in [0.2, 0.25) is 0 Å². The van der Waals surface area contributed by atoms with Crippen molar-refractivity contribution in [1.82, 2.24) is 0 Å². The van der Waals surface area contributed by atoms with E-state index in [0.717, 1.165) is 19.1 Å². The SMILES string of the molecule is CC1CC(OCCC=O)CC(C)O1. The molecule has 0 aromatic rings. The first-order valence-electron chi connectivity index (χ1n) is 4.93. The van der Waals surface area contributed by atoms with Crippen LogP contribution >= 0.6 is 0 Å². The Bertz CT molecular complexity index is 148. The highest BCUT2D eigenvalue weighted by atomic mass is 16.5. The van der Waals surface area contributed by atoms with Crippen LogP contribution in [-0.2, 0) is 14.3 Å². The van der Waals surface area contributed by atoms with Gasteiger partial charge in [0.1, 0.15) is 6.29 Å². The summed E-state index contributed by atoms with van der Waals surface area (Å²) in [6, 6.07) is 0. The van der Waals surface area contributed by atoms with E-state index in [1.54, 1.807) is 0 Å². The van der Waals surface area contributed by atoms with E-state index in [1.165, 1.54) is 0 Å². The van der Waals surface area contributed by atoms with E-state index >= 15 is 0 Å². The van der Waals surface area contributed by atoms with Gasteiger partial charge in [-0.3, -0.25) is 0 Å². The van der Waals surface area contributed by atoms with Gasteiger partial charge in [0.2, 0.25) is 0 Å². The molecule has 0 radical (unpaired) electrons. The summed E-state index contributed by atoms with van der Waals surface area (Å²) < 4.78 is 11.1. The molecule has 0 N–H and O–H groups in total. The number of rotatable bonds is 4.